The Hall–Kier alpha value is -0.960. The van der Waals surface area contributed by atoms with E-state index in [1.165, 1.54) is 0 Å². The molecule has 0 fully saturated rings. The van der Waals surface area contributed by atoms with Crippen LogP contribution in [0.4, 0.5) is 0 Å². The summed E-state index contributed by atoms with van der Waals surface area (Å²) in [6, 6.07) is 0. The molecule has 0 saturated carbocycles. The lowest BCUT2D eigenvalue weighted by Gasteiger charge is -2.29. The van der Waals surface area contributed by atoms with Crippen molar-refractivity contribution in [3.8, 4) is 0 Å². The number of esters is 1. The largest absolute Gasteiger partial charge is 0.870 e. The van der Waals surface area contributed by atoms with Crippen molar-refractivity contribution in [1.29, 1.82) is 0 Å². The van der Waals surface area contributed by atoms with Gasteiger partial charge in [-0.1, -0.05) is 6.58 Å². The molecule has 8 heteroatoms. The summed E-state index contributed by atoms with van der Waals surface area (Å²) in [6.45, 7) is 5.68. The summed E-state index contributed by atoms with van der Waals surface area (Å²) >= 11 is 0. The molecule has 0 saturated heterocycles. The van der Waals surface area contributed by atoms with Gasteiger partial charge >= 0.3 is 5.97 Å². The van der Waals surface area contributed by atoms with Crippen LogP contribution in [0.2, 0.25) is 0 Å². The summed E-state index contributed by atoms with van der Waals surface area (Å²) in [5.74, 6) is -0.544. The van der Waals surface area contributed by atoms with Crippen molar-refractivity contribution < 1.29 is 32.5 Å². The Balaban J connectivity index is 0. The highest BCUT2D eigenvalue weighted by Gasteiger charge is 2.14. The lowest BCUT2D eigenvalue weighted by molar-refractivity contribution is -0.890. The third kappa shape index (κ3) is 15.4. The number of unbranched alkanes of at least 4 members (excludes halogenated alkanes) is 3. The first kappa shape index (κ1) is 23.3. The second-order valence-corrected chi connectivity index (χ2v) is 7.38. The molecular weight excluding hydrogens is 310 g/mol. The van der Waals surface area contributed by atoms with Gasteiger partial charge < -0.3 is 14.7 Å². The molecule has 0 aliphatic carbocycles. The van der Waals surface area contributed by atoms with Crippen molar-refractivity contribution in [3.05, 3.63) is 12.7 Å². The first-order valence-electron chi connectivity index (χ1n) is 7.23. The number of rotatable bonds is 12. The second-order valence-electron chi connectivity index (χ2n) is 5.81. The van der Waals surface area contributed by atoms with Crippen LogP contribution in [-0.4, -0.2) is 68.4 Å². The predicted octanol–water partition coefficient (Wildman–Crippen LogP) is 1.45. The van der Waals surface area contributed by atoms with Crippen LogP contribution in [0, 0.1) is 0 Å². The van der Waals surface area contributed by atoms with E-state index in [2.05, 4.69) is 20.7 Å². The molecule has 0 atom stereocenters. The topological polar surface area (TPSA) is 111 Å². The van der Waals surface area contributed by atoms with E-state index in [1.54, 1.807) is 0 Å². The van der Waals surface area contributed by atoms with Crippen molar-refractivity contribution >= 4 is 16.1 Å². The lowest BCUT2D eigenvalue weighted by atomic mass is 10.2. The molecule has 0 radical (unpaired) electrons. The molecule has 0 bridgehead atoms. The molecule has 0 unspecified atom stereocenters. The summed E-state index contributed by atoms with van der Waals surface area (Å²) in [6.07, 6.45) is 5.15. The monoisotopic (exact) mass is 339 g/mol. The molecule has 0 aliphatic heterocycles. The highest BCUT2D eigenvalue weighted by molar-refractivity contribution is 7.85. The molecule has 0 aromatic heterocycles. The zero-order valence-corrected chi connectivity index (χ0v) is 14.3. The van der Waals surface area contributed by atoms with Crippen LogP contribution in [0.5, 0.6) is 0 Å². The Bertz CT molecular complexity index is 419. The average Bonchev–Trinajstić information content (AvgIpc) is 2.36. The van der Waals surface area contributed by atoms with Gasteiger partial charge in [0, 0.05) is 6.08 Å². The molecule has 132 valence electrons. The fourth-order valence-corrected chi connectivity index (χ4v) is 2.56. The zero-order chi connectivity index (χ0) is 16.4. The minimum atomic E-state index is -3.82. The fraction of sp³-hybridized carbons (Fsp3) is 0.786. The van der Waals surface area contributed by atoms with Crippen LogP contribution < -0.4 is 0 Å². The summed E-state index contributed by atoms with van der Waals surface area (Å²) in [5, 5.41) is 0. The van der Waals surface area contributed by atoms with E-state index in [1.807, 2.05) is 0 Å². The lowest BCUT2D eigenvalue weighted by Crippen LogP contribution is -2.41. The van der Waals surface area contributed by atoms with Gasteiger partial charge in [-0.05, 0) is 32.1 Å². The van der Waals surface area contributed by atoms with Gasteiger partial charge in [-0.15, -0.1) is 0 Å². The van der Waals surface area contributed by atoms with Gasteiger partial charge in [0.2, 0.25) is 0 Å². The molecule has 7 nitrogen and oxygen atoms in total. The normalized spacial score (nSPS) is 11.6. The molecular formula is C14H29NO6S. The van der Waals surface area contributed by atoms with E-state index in [0.29, 0.717) is 13.0 Å². The Morgan fingerprint density at radius 3 is 2.18 bits per heavy atom. The first-order chi connectivity index (χ1) is 9.66. The number of nitrogens with zero attached hydrogens (tertiary/aromatic N) is 1. The molecule has 0 aromatic carbocycles. The van der Waals surface area contributed by atoms with E-state index < -0.39 is 10.1 Å². The Morgan fingerprint density at radius 1 is 1.14 bits per heavy atom. The van der Waals surface area contributed by atoms with E-state index in [4.69, 9.17) is 9.29 Å². The summed E-state index contributed by atoms with van der Waals surface area (Å²) in [5.41, 5.74) is 0. The molecule has 22 heavy (non-hydrogen) atoms. The number of carbonyl (C=O) groups excluding carboxylic acids is 1. The second kappa shape index (κ2) is 11.6. The SMILES string of the molecule is C=CC(=O)OCCCC[N+](C)(C)CCCCCS(=O)(=O)O.[OH-]. The van der Waals surface area contributed by atoms with Crippen LogP contribution >= 0.6 is 0 Å². The third-order valence-electron chi connectivity index (χ3n) is 3.23. The number of hydrogen-bond acceptors (Lipinski definition) is 5. The minimum Gasteiger partial charge on any atom is -0.870 e. The number of hydrogen-bond donors (Lipinski definition) is 1. The van der Waals surface area contributed by atoms with Crippen LogP contribution in [0.3, 0.4) is 0 Å². The van der Waals surface area contributed by atoms with Gasteiger partial charge in [-0.2, -0.15) is 8.42 Å². The molecule has 0 heterocycles. The van der Waals surface area contributed by atoms with E-state index in [9.17, 15) is 13.2 Å². The van der Waals surface area contributed by atoms with Crippen molar-refractivity contribution in [1.82, 2.24) is 0 Å². The zero-order valence-electron chi connectivity index (χ0n) is 13.5. The van der Waals surface area contributed by atoms with Gasteiger partial charge in [0.15, 0.2) is 0 Å². The highest BCUT2D eigenvalue weighted by atomic mass is 32.2. The van der Waals surface area contributed by atoms with Crippen LogP contribution in [-0.2, 0) is 19.6 Å². The quantitative estimate of drug-likeness (QED) is 0.189. The van der Waals surface area contributed by atoms with Crippen molar-refractivity contribution in [2.45, 2.75) is 32.1 Å². The summed E-state index contributed by atoms with van der Waals surface area (Å²) < 4.78 is 35.5. The van der Waals surface area contributed by atoms with E-state index in [-0.39, 0.29) is 17.2 Å². The number of carbonyl (C=O) groups is 1. The molecule has 0 rings (SSSR count). The van der Waals surface area contributed by atoms with Gasteiger partial charge in [0.25, 0.3) is 10.1 Å². The Morgan fingerprint density at radius 2 is 1.68 bits per heavy atom. The van der Waals surface area contributed by atoms with Gasteiger partial charge in [0.1, 0.15) is 0 Å². The maximum atomic E-state index is 10.8. The van der Waals surface area contributed by atoms with Gasteiger partial charge in [-0.25, -0.2) is 4.79 Å². The molecule has 0 aromatic rings. The van der Waals surface area contributed by atoms with Crippen molar-refractivity contribution in [3.63, 3.8) is 0 Å². The van der Waals surface area contributed by atoms with Gasteiger partial charge in [-0.3, -0.25) is 4.55 Å². The first-order valence-corrected chi connectivity index (χ1v) is 8.83. The molecule has 0 spiro atoms. The van der Waals surface area contributed by atoms with Crippen LogP contribution in [0.1, 0.15) is 32.1 Å². The Kier molecular flexibility index (Phi) is 12.3. The summed E-state index contributed by atoms with van der Waals surface area (Å²) in [7, 11) is 0.424. The maximum Gasteiger partial charge on any atom is 0.330 e. The number of quaternary nitrogens is 1. The Labute approximate surface area is 133 Å². The van der Waals surface area contributed by atoms with Gasteiger partial charge in [0.05, 0.1) is 39.5 Å². The highest BCUT2D eigenvalue weighted by Crippen LogP contribution is 2.07. The average molecular weight is 339 g/mol. The summed E-state index contributed by atoms with van der Waals surface area (Å²) in [4.78, 5) is 10.8. The molecule has 2 N–H and O–H groups in total. The smallest absolute Gasteiger partial charge is 0.330 e. The van der Waals surface area contributed by atoms with Crippen LogP contribution in [0.25, 0.3) is 0 Å². The predicted molar refractivity (Wildman–Crippen MR) is 84.4 cm³/mol. The van der Waals surface area contributed by atoms with E-state index in [0.717, 1.165) is 49.3 Å². The minimum absolute atomic E-state index is 0. The molecule has 0 amide bonds. The number of ether oxygens (including phenoxy) is 1. The van der Waals surface area contributed by atoms with Crippen LogP contribution in [0.15, 0.2) is 12.7 Å². The molecule has 0 aliphatic rings. The standard InChI is InChI=1S/C14H27NO5S.H2O/c1-4-14(16)20-12-8-7-11-15(2,3)10-6-5-9-13-21(17,18)19;/h4H,1,5-13H2,2-3H3;1H2. The third-order valence-corrected chi connectivity index (χ3v) is 4.04. The fourth-order valence-electron chi connectivity index (χ4n) is 1.99. The van der Waals surface area contributed by atoms with Crippen molar-refractivity contribution in [2.75, 3.05) is 39.5 Å². The van der Waals surface area contributed by atoms with Crippen molar-refractivity contribution in [2.24, 2.45) is 0 Å². The maximum absolute atomic E-state index is 10.8. The van der Waals surface area contributed by atoms with E-state index >= 15 is 0 Å².